The maximum absolute atomic E-state index is 13.6. The van der Waals surface area contributed by atoms with Gasteiger partial charge in [-0.1, -0.05) is 48.5 Å². The van der Waals surface area contributed by atoms with Crippen LogP contribution in [0.1, 0.15) is 32.6 Å². The number of nitrogens with zero attached hydrogens (tertiary/aromatic N) is 2. The second-order valence-corrected chi connectivity index (χ2v) is 8.58. The lowest BCUT2D eigenvalue weighted by atomic mass is 9.91. The third-order valence-corrected chi connectivity index (χ3v) is 6.42. The number of benzene rings is 3. The molecule has 0 fully saturated rings. The van der Waals surface area contributed by atoms with Gasteiger partial charge in [0.1, 0.15) is 0 Å². The van der Waals surface area contributed by atoms with Crippen LogP contribution in [0.2, 0.25) is 0 Å². The molecule has 6 nitrogen and oxygen atoms in total. The molecule has 0 unspecified atom stereocenters. The van der Waals surface area contributed by atoms with Crippen LogP contribution in [-0.2, 0) is 30.6 Å². The van der Waals surface area contributed by atoms with Crippen LogP contribution in [0.15, 0.2) is 72.9 Å². The fraction of sp³-hybridized carbons (Fsp3) is 0.222. The Balaban J connectivity index is 1.44. The summed E-state index contributed by atoms with van der Waals surface area (Å²) in [7, 11) is 0. The van der Waals surface area contributed by atoms with Gasteiger partial charge >= 0.3 is 0 Å². The summed E-state index contributed by atoms with van der Waals surface area (Å²) >= 11 is 0. The number of hydrogen-bond acceptors (Lipinski definition) is 4. The number of Topliss-reactive ketones (excluding diaryl/α,β-unsaturated/α-hetero) is 1. The minimum absolute atomic E-state index is 0.0390. The Hall–Kier alpha value is -3.77. The lowest BCUT2D eigenvalue weighted by Gasteiger charge is -2.35. The van der Waals surface area contributed by atoms with Gasteiger partial charge in [0.2, 0.25) is 0 Å². The molecule has 2 heterocycles. The molecule has 0 radical (unpaired) electrons. The van der Waals surface area contributed by atoms with Crippen molar-refractivity contribution in [3.05, 3.63) is 101 Å². The van der Waals surface area contributed by atoms with Crippen LogP contribution < -0.4 is 5.73 Å². The van der Waals surface area contributed by atoms with E-state index < -0.39 is 6.04 Å². The lowest BCUT2D eigenvalue weighted by molar-refractivity contribution is -0.123. The number of amides is 1. The van der Waals surface area contributed by atoms with E-state index in [1.165, 1.54) is 0 Å². The van der Waals surface area contributed by atoms with Crippen LogP contribution in [-0.4, -0.2) is 39.4 Å². The minimum atomic E-state index is -0.526. The van der Waals surface area contributed by atoms with Crippen LogP contribution in [0.5, 0.6) is 0 Å². The highest BCUT2D eigenvalue weighted by molar-refractivity contribution is 6.00. The number of nitrogens with one attached hydrogen (secondary N) is 1. The van der Waals surface area contributed by atoms with Crippen molar-refractivity contribution in [2.24, 2.45) is 5.73 Å². The smallest absolute Gasteiger partial charge is 0.254 e. The standard InChI is InChI=1S/C27H26N4O2/c28-16-20-6-8-23-21(13-20)10-11-31(27(23)33)25(14-18-4-2-1-3-5-18)26(32)15-19-7-9-24-22(12-19)17-29-30-24/h1-9,12-13,17,25H,10-11,14-16,28H2,(H,29,30)/t25-/m0/s1. The number of carbonyl (C=O) groups is 2. The second kappa shape index (κ2) is 9.00. The summed E-state index contributed by atoms with van der Waals surface area (Å²) in [6.45, 7) is 0.963. The molecule has 4 aromatic rings. The highest BCUT2D eigenvalue weighted by Gasteiger charge is 2.34. The van der Waals surface area contributed by atoms with E-state index in [1.807, 2.05) is 66.7 Å². The first-order chi connectivity index (χ1) is 16.1. The van der Waals surface area contributed by atoms with Gasteiger partial charge in [-0.25, -0.2) is 0 Å². The zero-order chi connectivity index (χ0) is 22.8. The molecule has 1 amide bonds. The molecule has 1 aromatic heterocycles. The van der Waals surface area contributed by atoms with Crippen molar-refractivity contribution in [3.8, 4) is 0 Å². The normalized spacial score (nSPS) is 14.3. The van der Waals surface area contributed by atoms with Gasteiger partial charge in [-0.2, -0.15) is 5.10 Å². The summed E-state index contributed by atoms with van der Waals surface area (Å²) in [5, 5.41) is 7.96. The lowest BCUT2D eigenvalue weighted by Crippen LogP contribution is -2.50. The molecule has 3 N–H and O–H groups in total. The van der Waals surface area contributed by atoms with E-state index in [1.54, 1.807) is 11.1 Å². The van der Waals surface area contributed by atoms with E-state index in [-0.39, 0.29) is 18.1 Å². The molecule has 1 aliphatic rings. The van der Waals surface area contributed by atoms with Gasteiger partial charge in [0.25, 0.3) is 5.91 Å². The average Bonchev–Trinajstić information content (AvgIpc) is 3.31. The van der Waals surface area contributed by atoms with Crippen LogP contribution >= 0.6 is 0 Å². The van der Waals surface area contributed by atoms with Crippen LogP contribution in [0.3, 0.4) is 0 Å². The van der Waals surface area contributed by atoms with E-state index in [4.69, 9.17) is 5.73 Å². The molecule has 3 aromatic carbocycles. The van der Waals surface area contributed by atoms with Crippen LogP contribution in [0.25, 0.3) is 10.9 Å². The third-order valence-electron chi connectivity index (χ3n) is 6.42. The van der Waals surface area contributed by atoms with Gasteiger partial charge in [0.15, 0.2) is 5.78 Å². The van der Waals surface area contributed by atoms with Crippen molar-refractivity contribution in [1.29, 1.82) is 0 Å². The fourth-order valence-corrected chi connectivity index (χ4v) is 4.64. The van der Waals surface area contributed by atoms with E-state index >= 15 is 0 Å². The number of carbonyl (C=O) groups excluding carboxylic acids is 2. The number of fused-ring (bicyclic) bond motifs is 2. The predicted octanol–water partition coefficient (Wildman–Crippen LogP) is 3.44. The molecule has 33 heavy (non-hydrogen) atoms. The van der Waals surface area contributed by atoms with E-state index in [0.717, 1.165) is 33.2 Å². The number of rotatable bonds is 7. The quantitative estimate of drug-likeness (QED) is 0.462. The maximum Gasteiger partial charge on any atom is 0.254 e. The third kappa shape index (κ3) is 4.30. The first-order valence-electron chi connectivity index (χ1n) is 11.2. The van der Waals surface area contributed by atoms with Gasteiger partial charge in [0, 0.05) is 30.5 Å². The van der Waals surface area contributed by atoms with Gasteiger partial charge in [-0.3, -0.25) is 14.7 Å². The Morgan fingerprint density at radius 1 is 1.03 bits per heavy atom. The average molecular weight is 439 g/mol. The summed E-state index contributed by atoms with van der Waals surface area (Å²) in [5.74, 6) is -0.0449. The molecule has 6 heteroatoms. The summed E-state index contributed by atoms with van der Waals surface area (Å²) in [4.78, 5) is 28.8. The van der Waals surface area contributed by atoms with Crippen LogP contribution in [0.4, 0.5) is 0 Å². The molecule has 0 bridgehead atoms. The first-order valence-corrected chi connectivity index (χ1v) is 11.2. The van der Waals surface area contributed by atoms with Gasteiger partial charge in [0.05, 0.1) is 17.8 Å². The fourth-order valence-electron chi connectivity index (χ4n) is 4.64. The SMILES string of the molecule is NCc1ccc2c(c1)CCN([C@@H](Cc1ccccc1)C(=O)Cc1ccc3[nH]ncc3c1)C2=O. The monoisotopic (exact) mass is 438 g/mol. The van der Waals surface area contributed by atoms with E-state index in [0.29, 0.717) is 31.5 Å². The van der Waals surface area contributed by atoms with Gasteiger partial charge < -0.3 is 10.6 Å². The Morgan fingerprint density at radius 3 is 2.67 bits per heavy atom. The largest absolute Gasteiger partial charge is 0.328 e. The first kappa shape index (κ1) is 21.1. The van der Waals surface area contributed by atoms with Gasteiger partial charge in [-0.05, 0) is 53.3 Å². The molecular weight excluding hydrogens is 412 g/mol. The molecule has 1 atom stereocenters. The summed E-state index contributed by atoms with van der Waals surface area (Å²) in [6, 6.07) is 21.0. The van der Waals surface area contributed by atoms with Gasteiger partial charge in [-0.15, -0.1) is 0 Å². The molecule has 5 rings (SSSR count). The maximum atomic E-state index is 13.6. The zero-order valence-corrected chi connectivity index (χ0v) is 18.3. The summed E-state index contributed by atoms with van der Waals surface area (Å²) in [5.41, 5.74) is 11.4. The Bertz CT molecular complexity index is 1310. The summed E-state index contributed by atoms with van der Waals surface area (Å²) in [6.07, 6.45) is 3.23. The van der Waals surface area contributed by atoms with Crippen molar-refractivity contribution >= 4 is 22.6 Å². The molecule has 0 spiro atoms. The van der Waals surface area contributed by atoms with Crippen molar-refractivity contribution < 1.29 is 9.59 Å². The number of aromatic nitrogens is 2. The van der Waals surface area contributed by atoms with Crippen molar-refractivity contribution in [2.45, 2.75) is 31.8 Å². The molecule has 0 aliphatic carbocycles. The zero-order valence-electron chi connectivity index (χ0n) is 18.3. The molecule has 166 valence electrons. The number of ketones is 1. The Kier molecular flexibility index (Phi) is 5.75. The van der Waals surface area contributed by atoms with Crippen LogP contribution in [0, 0.1) is 0 Å². The predicted molar refractivity (Wildman–Crippen MR) is 128 cm³/mol. The van der Waals surface area contributed by atoms with Crippen molar-refractivity contribution in [1.82, 2.24) is 15.1 Å². The van der Waals surface area contributed by atoms with Crippen molar-refractivity contribution in [2.75, 3.05) is 6.54 Å². The highest BCUT2D eigenvalue weighted by Crippen LogP contribution is 2.25. The number of H-pyrrole nitrogens is 1. The highest BCUT2D eigenvalue weighted by atomic mass is 16.2. The minimum Gasteiger partial charge on any atom is -0.328 e. The molecule has 0 saturated carbocycles. The number of aromatic amines is 1. The number of nitrogens with two attached hydrogens (primary N) is 1. The molecule has 1 aliphatic heterocycles. The van der Waals surface area contributed by atoms with E-state index in [2.05, 4.69) is 10.2 Å². The number of hydrogen-bond donors (Lipinski definition) is 2. The molecular formula is C27H26N4O2. The van der Waals surface area contributed by atoms with Crippen molar-refractivity contribution in [3.63, 3.8) is 0 Å². The van der Waals surface area contributed by atoms with E-state index in [9.17, 15) is 9.59 Å². The molecule has 0 saturated heterocycles. The Morgan fingerprint density at radius 2 is 1.85 bits per heavy atom. The summed E-state index contributed by atoms with van der Waals surface area (Å²) < 4.78 is 0. The topological polar surface area (TPSA) is 92.1 Å². The Labute approximate surface area is 192 Å². The second-order valence-electron chi connectivity index (χ2n) is 8.58.